The number of pyridine rings is 1. The molecule has 1 amide bonds. The lowest BCUT2D eigenvalue weighted by atomic mass is 10.1. The van der Waals surface area contributed by atoms with E-state index in [1.807, 2.05) is 54.6 Å². The molecule has 1 heterocycles. The van der Waals surface area contributed by atoms with Gasteiger partial charge in [0, 0.05) is 12.5 Å². The molecule has 3 aromatic rings. The van der Waals surface area contributed by atoms with Gasteiger partial charge in [0.15, 0.2) is 0 Å². The van der Waals surface area contributed by atoms with E-state index >= 15 is 0 Å². The molecule has 0 spiro atoms. The molecule has 0 aliphatic rings. The summed E-state index contributed by atoms with van der Waals surface area (Å²) in [4.78, 5) is 16.5. The number of carbonyl (C=O) groups excluding carboxylic acids is 1. The summed E-state index contributed by atoms with van der Waals surface area (Å²) in [5, 5.41) is 6.07. The Kier molecular flexibility index (Phi) is 6.46. The fourth-order valence-corrected chi connectivity index (χ4v) is 2.72. The third-order valence-corrected chi connectivity index (χ3v) is 4.20. The smallest absolute Gasteiger partial charge is 0.224 e. The molecule has 6 nitrogen and oxygen atoms in total. The van der Waals surface area contributed by atoms with E-state index < -0.39 is 0 Å². The molecule has 0 aliphatic carbocycles. The normalized spacial score (nSPS) is 10.2. The van der Waals surface area contributed by atoms with Crippen LogP contribution in [0.5, 0.6) is 11.5 Å². The molecule has 2 aromatic carbocycles. The van der Waals surface area contributed by atoms with Crippen LogP contribution < -0.4 is 20.1 Å². The molecule has 0 saturated carbocycles. The van der Waals surface area contributed by atoms with Crippen LogP contribution >= 0.6 is 0 Å². The minimum absolute atomic E-state index is 0.0409. The van der Waals surface area contributed by atoms with Crippen LogP contribution in [-0.4, -0.2) is 25.1 Å². The van der Waals surface area contributed by atoms with Gasteiger partial charge in [0.2, 0.25) is 5.91 Å². The SMILES string of the molecule is COc1ccc(OC)c(Nc2ccc(NC(=O)CCc3ccccc3)cn2)c1. The van der Waals surface area contributed by atoms with E-state index in [0.717, 1.165) is 11.3 Å². The lowest BCUT2D eigenvalue weighted by Gasteiger charge is -2.12. The Bertz CT molecular complexity index is 912. The molecule has 0 radical (unpaired) electrons. The van der Waals surface area contributed by atoms with Crippen molar-refractivity contribution in [2.24, 2.45) is 0 Å². The van der Waals surface area contributed by atoms with E-state index in [9.17, 15) is 4.79 Å². The van der Waals surface area contributed by atoms with Gasteiger partial charge in [-0.15, -0.1) is 0 Å². The molecule has 3 rings (SSSR count). The fraction of sp³-hybridized carbons (Fsp3) is 0.182. The van der Waals surface area contributed by atoms with Crippen LogP contribution in [0.1, 0.15) is 12.0 Å². The second kappa shape index (κ2) is 9.41. The molecular weight excluding hydrogens is 354 g/mol. The molecule has 0 aliphatic heterocycles. The second-order valence-corrected chi connectivity index (χ2v) is 6.16. The molecule has 0 fully saturated rings. The number of aryl methyl sites for hydroxylation is 1. The zero-order valence-electron chi connectivity index (χ0n) is 15.9. The predicted octanol–water partition coefficient (Wildman–Crippen LogP) is 4.41. The first-order valence-electron chi connectivity index (χ1n) is 8.97. The summed E-state index contributed by atoms with van der Waals surface area (Å²) in [6.45, 7) is 0. The lowest BCUT2D eigenvalue weighted by molar-refractivity contribution is -0.116. The second-order valence-electron chi connectivity index (χ2n) is 6.16. The Morgan fingerprint density at radius 2 is 1.82 bits per heavy atom. The molecule has 0 unspecified atom stereocenters. The highest BCUT2D eigenvalue weighted by Gasteiger charge is 2.07. The first-order valence-corrected chi connectivity index (χ1v) is 8.97. The number of aromatic nitrogens is 1. The van der Waals surface area contributed by atoms with Crippen molar-refractivity contribution < 1.29 is 14.3 Å². The van der Waals surface area contributed by atoms with Gasteiger partial charge in [-0.3, -0.25) is 4.79 Å². The number of amides is 1. The van der Waals surface area contributed by atoms with Crippen molar-refractivity contribution >= 4 is 23.1 Å². The van der Waals surface area contributed by atoms with Crippen molar-refractivity contribution in [1.82, 2.24) is 4.98 Å². The van der Waals surface area contributed by atoms with Crippen molar-refractivity contribution in [3.05, 3.63) is 72.4 Å². The van der Waals surface area contributed by atoms with Gasteiger partial charge in [-0.2, -0.15) is 0 Å². The number of methoxy groups -OCH3 is 2. The zero-order valence-corrected chi connectivity index (χ0v) is 15.9. The van der Waals surface area contributed by atoms with Crippen LogP contribution in [0.15, 0.2) is 66.9 Å². The molecule has 0 bridgehead atoms. The summed E-state index contributed by atoms with van der Waals surface area (Å²) < 4.78 is 10.6. The van der Waals surface area contributed by atoms with E-state index in [2.05, 4.69) is 15.6 Å². The Morgan fingerprint density at radius 1 is 1.00 bits per heavy atom. The minimum Gasteiger partial charge on any atom is -0.497 e. The average molecular weight is 377 g/mol. The molecule has 2 N–H and O–H groups in total. The molecule has 0 saturated heterocycles. The standard InChI is InChI=1S/C22H23N3O3/c1-27-18-10-11-20(28-2)19(14-18)25-21-12-9-17(15-23-21)24-22(26)13-8-16-6-4-3-5-7-16/h3-7,9-12,14-15H,8,13H2,1-2H3,(H,23,25)(H,24,26). The van der Waals surface area contributed by atoms with Gasteiger partial charge < -0.3 is 20.1 Å². The number of carbonyl (C=O) groups is 1. The van der Waals surface area contributed by atoms with Gasteiger partial charge in [-0.25, -0.2) is 4.98 Å². The van der Waals surface area contributed by atoms with Crippen LogP contribution in [0.25, 0.3) is 0 Å². The molecule has 1 aromatic heterocycles. The monoisotopic (exact) mass is 377 g/mol. The Hall–Kier alpha value is -3.54. The topological polar surface area (TPSA) is 72.5 Å². The third-order valence-electron chi connectivity index (χ3n) is 4.20. The van der Waals surface area contributed by atoms with Crippen molar-refractivity contribution in [2.75, 3.05) is 24.9 Å². The third kappa shape index (κ3) is 5.23. The van der Waals surface area contributed by atoms with Crippen molar-refractivity contribution in [3.63, 3.8) is 0 Å². The van der Waals surface area contributed by atoms with Crippen LogP contribution in [0, 0.1) is 0 Å². The quantitative estimate of drug-likeness (QED) is 0.608. The first-order chi connectivity index (χ1) is 13.7. The highest BCUT2D eigenvalue weighted by Crippen LogP contribution is 2.31. The van der Waals surface area contributed by atoms with Gasteiger partial charge in [0.25, 0.3) is 0 Å². The number of nitrogens with one attached hydrogen (secondary N) is 2. The number of hydrogen-bond acceptors (Lipinski definition) is 5. The van der Waals surface area contributed by atoms with Crippen molar-refractivity contribution in [3.8, 4) is 11.5 Å². The average Bonchev–Trinajstić information content (AvgIpc) is 2.74. The summed E-state index contributed by atoms with van der Waals surface area (Å²) in [7, 11) is 3.22. The van der Waals surface area contributed by atoms with Crippen molar-refractivity contribution in [2.45, 2.75) is 12.8 Å². The number of nitrogens with zero attached hydrogens (tertiary/aromatic N) is 1. The first kappa shape index (κ1) is 19.2. The van der Waals surface area contributed by atoms with E-state index in [0.29, 0.717) is 35.8 Å². The van der Waals surface area contributed by atoms with E-state index in [1.54, 1.807) is 26.5 Å². The molecule has 0 atom stereocenters. The Balaban J connectivity index is 1.58. The summed E-state index contributed by atoms with van der Waals surface area (Å²) in [6, 6.07) is 19.0. The van der Waals surface area contributed by atoms with Gasteiger partial charge in [-0.1, -0.05) is 30.3 Å². The van der Waals surface area contributed by atoms with Gasteiger partial charge >= 0.3 is 0 Å². The summed E-state index contributed by atoms with van der Waals surface area (Å²) in [5.74, 6) is 1.99. The van der Waals surface area contributed by atoms with E-state index in [-0.39, 0.29) is 5.91 Å². The minimum atomic E-state index is -0.0409. The lowest BCUT2D eigenvalue weighted by Crippen LogP contribution is -2.12. The van der Waals surface area contributed by atoms with Gasteiger partial charge in [0.1, 0.15) is 17.3 Å². The number of ether oxygens (including phenoxy) is 2. The van der Waals surface area contributed by atoms with Gasteiger partial charge in [0.05, 0.1) is 31.8 Å². The molecular formula is C22H23N3O3. The number of anilines is 3. The molecule has 6 heteroatoms. The van der Waals surface area contributed by atoms with Crippen LogP contribution in [0.4, 0.5) is 17.2 Å². The maximum absolute atomic E-state index is 12.1. The highest BCUT2D eigenvalue weighted by molar-refractivity contribution is 5.90. The number of hydrogen-bond donors (Lipinski definition) is 2. The summed E-state index contributed by atoms with van der Waals surface area (Å²) in [6.07, 6.45) is 2.75. The predicted molar refractivity (Wildman–Crippen MR) is 110 cm³/mol. The highest BCUT2D eigenvalue weighted by atomic mass is 16.5. The van der Waals surface area contributed by atoms with Crippen LogP contribution in [-0.2, 0) is 11.2 Å². The molecule has 28 heavy (non-hydrogen) atoms. The van der Waals surface area contributed by atoms with E-state index in [4.69, 9.17) is 9.47 Å². The summed E-state index contributed by atoms with van der Waals surface area (Å²) in [5.41, 5.74) is 2.54. The van der Waals surface area contributed by atoms with Crippen molar-refractivity contribution in [1.29, 1.82) is 0 Å². The Morgan fingerprint density at radius 3 is 2.50 bits per heavy atom. The Labute approximate surface area is 164 Å². The maximum Gasteiger partial charge on any atom is 0.224 e. The van der Waals surface area contributed by atoms with E-state index in [1.165, 1.54) is 0 Å². The van der Waals surface area contributed by atoms with Gasteiger partial charge in [-0.05, 0) is 36.2 Å². The fourth-order valence-electron chi connectivity index (χ4n) is 2.72. The largest absolute Gasteiger partial charge is 0.497 e. The molecule has 144 valence electrons. The van der Waals surface area contributed by atoms with Crippen LogP contribution in [0.2, 0.25) is 0 Å². The number of benzene rings is 2. The van der Waals surface area contributed by atoms with Crippen LogP contribution in [0.3, 0.4) is 0 Å². The zero-order chi connectivity index (χ0) is 19.8. The summed E-state index contributed by atoms with van der Waals surface area (Å²) >= 11 is 0. The maximum atomic E-state index is 12.1. The number of rotatable bonds is 8.